The lowest BCUT2D eigenvalue weighted by Crippen LogP contribution is -2.46. The van der Waals surface area contributed by atoms with Crippen LogP contribution in [0.5, 0.6) is 0 Å². The van der Waals surface area contributed by atoms with E-state index in [-0.39, 0.29) is 5.91 Å². The number of nitrogens with one attached hydrogen (secondary N) is 2. The Morgan fingerprint density at radius 2 is 1.88 bits per heavy atom. The van der Waals surface area contributed by atoms with E-state index >= 15 is 0 Å². The maximum atomic E-state index is 12.5. The van der Waals surface area contributed by atoms with Crippen molar-refractivity contribution in [1.29, 1.82) is 0 Å². The van der Waals surface area contributed by atoms with Gasteiger partial charge in [0.25, 0.3) is 5.91 Å². The van der Waals surface area contributed by atoms with Gasteiger partial charge >= 0.3 is 0 Å². The number of carbonyl (C=O) groups excluding carboxylic acids is 1. The molecule has 0 aliphatic carbocycles. The van der Waals surface area contributed by atoms with Gasteiger partial charge in [-0.1, -0.05) is 6.07 Å². The average molecular weight is 337 g/mol. The zero-order valence-corrected chi connectivity index (χ0v) is 14.1. The highest BCUT2D eigenvalue weighted by Gasteiger charge is 2.37. The number of piperidine rings is 1. The zero-order valence-electron chi connectivity index (χ0n) is 14.1. The second-order valence-electron chi connectivity index (χ2n) is 6.78. The van der Waals surface area contributed by atoms with Gasteiger partial charge in [0.15, 0.2) is 0 Å². The van der Waals surface area contributed by atoms with Crippen LogP contribution in [0.25, 0.3) is 0 Å². The number of amides is 1. The molecule has 2 aromatic rings. The van der Waals surface area contributed by atoms with E-state index in [4.69, 9.17) is 0 Å². The number of hydrogen-bond acceptors (Lipinski definition) is 5. The monoisotopic (exact) mass is 337 g/mol. The van der Waals surface area contributed by atoms with Gasteiger partial charge in [0.05, 0.1) is 0 Å². The third kappa shape index (κ3) is 3.41. The van der Waals surface area contributed by atoms with Crippen LogP contribution >= 0.6 is 0 Å². The number of nitrogens with zero attached hydrogens (tertiary/aromatic N) is 3. The number of aromatic nitrogens is 2. The molecule has 2 aromatic heterocycles. The van der Waals surface area contributed by atoms with Crippen LogP contribution < -0.4 is 10.9 Å². The number of carbonyl (C=O) groups is 1. The molecule has 130 valence electrons. The lowest BCUT2D eigenvalue weighted by atomic mass is 9.80. The van der Waals surface area contributed by atoms with Crippen LogP contribution in [0.1, 0.15) is 34.8 Å². The Bertz CT molecular complexity index is 700. The smallest absolute Gasteiger partial charge is 0.272 e. The highest BCUT2D eigenvalue weighted by Crippen LogP contribution is 2.32. The summed E-state index contributed by atoms with van der Waals surface area (Å²) in [7, 11) is 0. The number of rotatable bonds is 3. The summed E-state index contributed by atoms with van der Waals surface area (Å²) in [4.78, 5) is 22.8. The largest absolute Gasteiger partial charge is 0.337 e. The van der Waals surface area contributed by atoms with Crippen LogP contribution in [0.15, 0.2) is 48.9 Å². The molecule has 2 saturated heterocycles. The van der Waals surface area contributed by atoms with Gasteiger partial charge in [-0.2, -0.15) is 0 Å². The van der Waals surface area contributed by atoms with E-state index in [0.29, 0.717) is 23.6 Å². The molecular formula is C19H23N5O. The van der Waals surface area contributed by atoms with Gasteiger partial charge in [-0.05, 0) is 48.6 Å². The van der Waals surface area contributed by atoms with Crippen LogP contribution in [-0.4, -0.2) is 46.5 Å². The highest BCUT2D eigenvalue weighted by molar-refractivity contribution is 5.92. The number of hydrazine groups is 1. The normalized spacial score (nSPS) is 24.4. The average Bonchev–Trinajstić information content (AvgIpc) is 3.19. The summed E-state index contributed by atoms with van der Waals surface area (Å²) in [6.45, 7) is 2.52. The molecule has 6 nitrogen and oxygen atoms in total. The molecule has 2 aliphatic rings. The molecule has 2 atom stereocenters. The molecule has 25 heavy (non-hydrogen) atoms. The minimum atomic E-state index is 0.0437. The first-order valence-electron chi connectivity index (χ1n) is 8.91. The maximum Gasteiger partial charge on any atom is 0.272 e. The first-order chi connectivity index (χ1) is 12.3. The number of pyridine rings is 2. The summed E-state index contributed by atoms with van der Waals surface area (Å²) in [5.74, 6) is 1.05. The van der Waals surface area contributed by atoms with Crippen molar-refractivity contribution >= 4 is 5.91 Å². The quantitative estimate of drug-likeness (QED) is 0.890. The standard InChI is InChI=1S/C19H23N5O/c25-19(17-3-1-2-8-21-17)24-11-6-15(7-12-24)18-16(13-22-23-18)14-4-9-20-10-5-14/h1-5,8-10,15-16,18,22-23H,6-7,11-13H2. The molecular weight excluding hydrogens is 314 g/mol. The molecule has 2 N–H and O–H groups in total. The van der Waals surface area contributed by atoms with Crippen molar-refractivity contribution in [2.24, 2.45) is 5.92 Å². The molecule has 2 unspecified atom stereocenters. The van der Waals surface area contributed by atoms with Gasteiger partial charge in [-0.25, -0.2) is 0 Å². The van der Waals surface area contributed by atoms with Crippen LogP contribution in [0.3, 0.4) is 0 Å². The van der Waals surface area contributed by atoms with E-state index in [1.54, 1.807) is 12.3 Å². The molecule has 4 rings (SSSR count). The van der Waals surface area contributed by atoms with Crippen LogP contribution in [-0.2, 0) is 0 Å². The van der Waals surface area contributed by atoms with Crippen molar-refractivity contribution in [2.45, 2.75) is 24.8 Å². The molecule has 6 heteroatoms. The van der Waals surface area contributed by atoms with E-state index < -0.39 is 0 Å². The Morgan fingerprint density at radius 1 is 1.08 bits per heavy atom. The summed E-state index contributed by atoms with van der Waals surface area (Å²) in [6.07, 6.45) is 7.42. The van der Waals surface area contributed by atoms with Crippen molar-refractivity contribution in [3.8, 4) is 0 Å². The summed E-state index contributed by atoms with van der Waals surface area (Å²) >= 11 is 0. The number of hydrogen-bond donors (Lipinski definition) is 2. The summed E-state index contributed by atoms with van der Waals surface area (Å²) < 4.78 is 0. The Labute approximate surface area is 147 Å². The molecule has 2 fully saturated rings. The fourth-order valence-electron chi connectivity index (χ4n) is 4.01. The number of likely N-dealkylation sites (tertiary alicyclic amines) is 1. The van der Waals surface area contributed by atoms with Gasteiger partial charge in [0.1, 0.15) is 5.69 Å². The van der Waals surface area contributed by atoms with Gasteiger partial charge in [-0.3, -0.25) is 25.6 Å². The Balaban J connectivity index is 1.39. The van der Waals surface area contributed by atoms with Gasteiger partial charge in [-0.15, -0.1) is 0 Å². The lowest BCUT2D eigenvalue weighted by molar-refractivity contribution is 0.0664. The minimum Gasteiger partial charge on any atom is -0.337 e. The molecule has 0 aromatic carbocycles. The fraction of sp³-hybridized carbons (Fsp3) is 0.421. The van der Waals surface area contributed by atoms with Crippen LogP contribution in [0, 0.1) is 5.92 Å². The second kappa shape index (κ2) is 7.29. The van der Waals surface area contributed by atoms with E-state index in [1.807, 2.05) is 29.4 Å². The first kappa shape index (κ1) is 16.2. The summed E-state index contributed by atoms with van der Waals surface area (Å²) in [6, 6.07) is 10.1. The molecule has 4 heterocycles. The first-order valence-corrected chi connectivity index (χ1v) is 8.91. The molecule has 0 spiro atoms. The van der Waals surface area contributed by atoms with E-state index in [1.165, 1.54) is 5.56 Å². The lowest BCUT2D eigenvalue weighted by Gasteiger charge is -2.36. The SMILES string of the molecule is O=C(c1ccccn1)N1CCC(C2NNCC2c2ccncc2)CC1. The third-order valence-electron chi connectivity index (χ3n) is 5.38. The fourth-order valence-corrected chi connectivity index (χ4v) is 4.01. The van der Waals surface area contributed by atoms with E-state index in [0.717, 1.165) is 32.5 Å². The van der Waals surface area contributed by atoms with Crippen LogP contribution in [0.2, 0.25) is 0 Å². The van der Waals surface area contributed by atoms with E-state index in [2.05, 4.69) is 33.0 Å². The molecule has 0 saturated carbocycles. The Morgan fingerprint density at radius 3 is 2.60 bits per heavy atom. The summed E-state index contributed by atoms with van der Waals surface area (Å²) in [5, 5.41) is 0. The van der Waals surface area contributed by atoms with Crippen molar-refractivity contribution in [1.82, 2.24) is 25.7 Å². The summed E-state index contributed by atoms with van der Waals surface area (Å²) in [5.41, 5.74) is 8.64. The van der Waals surface area contributed by atoms with Crippen molar-refractivity contribution in [2.75, 3.05) is 19.6 Å². The molecule has 1 amide bonds. The molecule has 0 bridgehead atoms. The Kier molecular flexibility index (Phi) is 4.72. The maximum absolute atomic E-state index is 12.5. The van der Waals surface area contributed by atoms with Gasteiger partial charge in [0.2, 0.25) is 0 Å². The second-order valence-corrected chi connectivity index (χ2v) is 6.78. The third-order valence-corrected chi connectivity index (χ3v) is 5.38. The van der Waals surface area contributed by atoms with Gasteiger partial charge in [0, 0.05) is 50.2 Å². The van der Waals surface area contributed by atoms with Crippen LogP contribution in [0.4, 0.5) is 0 Å². The van der Waals surface area contributed by atoms with Crippen molar-refractivity contribution in [3.63, 3.8) is 0 Å². The zero-order chi connectivity index (χ0) is 17.1. The van der Waals surface area contributed by atoms with Crippen molar-refractivity contribution < 1.29 is 4.79 Å². The topological polar surface area (TPSA) is 70.2 Å². The highest BCUT2D eigenvalue weighted by atomic mass is 16.2. The van der Waals surface area contributed by atoms with E-state index in [9.17, 15) is 4.79 Å². The Hall–Kier alpha value is -2.31. The molecule has 0 radical (unpaired) electrons. The predicted octanol–water partition coefficient (Wildman–Crippen LogP) is 1.59. The predicted molar refractivity (Wildman–Crippen MR) is 94.8 cm³/mol. The molecule has 2 aliphatic heterocycles. The van der Waals surface area contributed by atoms with Gasteiger partial charge < -0.3 is 4.90 Å². The minimum absolute atomic E-state index is 0.0437. The van der Waals surface area contributed by atoms with Crippen molar-refractivity contribution in [3.05, 3.63) is 60.2 Å².